The number of amides is 1. The van der Waals surface area contributed by atoms with Crippen LogP contribution in [0.4, 0.5) is 4.39 Å². The summed E-state index contributed by atoms with van der Waals surface area (Å²) >= 11 is 1.83. The maximum absolute atomic E-state index is 13.3. The Morgan fingerprint density at radius 2 is 2.41 bits per heavy atom. The van der Waals surface area contributed by atoms with E-state index in [2.05, 4.69) is 17.2 Å². The molecule has 0 spiro atoms. The van der Waals surface area contributed by atoms with E-state index in [1.54, 1.807) is 0 Å². The van der Waals surface area contributed by atoms with Gasteiger partial charge in [-0.1, -0.05) is 6.92 Å². The predicted octanol–water partition coefficient (Wildman–Crippen LogP) is 2.48. The lowest BCUT2D eigenvalue weighted by Crippen LogP contribution is -2.33. The van der Waals surface area contributed by atoms with E-state index in [0.29, 0.717) is 0 Å². The van der Waals surface area contributed by atoms with Gasteiger partial charge in [0.1, 0.15) is 0 Å². The van der Waals surface area contributed by atoms with Crippen molar-refractivity contribution in [1.82, 2.24) is 10.3 Å². The second-order valence-corrected chi connectivity index (χ2v) is 5.11. The Balaban J connectivity index is 2.46. The van der Waals surface area contributed by atoms with Gasteiger partial charge in [0, 0.05) is 12.2 Å². The van der Waals surface area contributed by atoms with E-state index in [9.17, 15) is 9.18 Å². The third-order valence-corrected chi connectivity index (χ3v) is 3.23. The fourth-order valence-corrected chi connectivity index (χ4v) is 2.15. The SMILES string of the molecule is CCSCCC(C)NC(=O)c1ccncc1F. The number of nitrogens with zero attached hydrogens (tertiary/aromatic N) is 1. The maximum Gasteiger partial charge on any atom is 0.254 e. The van der Waals surface area contributed by atoms with Crippen molar-refractivity contribution in [3.63, 3.8) is 0 Å². The Kier molecular flexibility index (Phi) is 5.97. The number of pyridine rings is 1. The molecule has 5 heteroatoms. The summed E-state index contributed by atoms with van der Waals surface area (Å²) in [4.78, 5) is 15.3. The van der Waals surface area contributed by atoms with Crippen molar-refractivity contribution in [3.05, 3.63) is 29.8 Å². The summed E-state index contributed by atoms with van der Waals surface area (Å²) < 4.78 is 13.3. The molecule has 0 bridgehead atoms. The summed E-state index contributed by atoms with van der Waals surface area (Å²) in [7, 11) is 0. The number of nitrogens with one attached hydrogen (secondary N) is 1. The number of carbonyl (C=O) groups excluding carboxylic acids is 1. The fourth-order valence-electron chi connectivity index (χ4n) is 1.34. The van der Waals surface area contributed by atoms with Crippen molar-refractivity contribution in [2.45, 2.75) is 26.3 Å². The summed E-state index contributed by atoms with van der Waals surface area (Å²) in [6.07, 6.45) is 3.35. The maximum atomic E-state index is 13.3. The van der Waals surface area contributed by atoms with Crippen LogP contribution in [0, 0.1) is 5.82 Å². The zero-order chi connectivity index (χ0) is 12.7. The van der Waals surface area contributed by atoms with Gasteiger partial charge in [0.05, 0.1) is 11.8 Å². The molecule has 1 rings (SSSR count). The third kappa shape index (κ3) is 4.73. The lowest BCUT2D eigenvalue weighted by atomic mass is 10.2. The highest BCUT2D eigenvalue weighted by molar-refractivity contribution is 7.99. The van der Waals surface area contributed by atoms with Crippen LogP contribution in [0.2, 0.25) is 0 Å². The van der Waals surface area contributed by atoms with Gasteiger partial charge in [-0.05, 0) is 30.9 Å². The minimum Gasteiger partial charge on any atom is -0.349 e. The number of carbonyl (C=O) groups is 1. The number of aromatic nitrogens is 1. The second-order valence-electron chi connectivity index (χ2n) is 3.72. The molecule has 1 amide bonds. The molecule has 0 aliphatic heterocycles. The van der Waals surface area contributed by atoms with Crippen LogP contribution in [0.15, 0.2) is 18.5 Å². The zero-order valence-electron chi connectivity index (χ0n) is 10.1. The highest BCUT2D eigenvalue weighted by Gasteiger charge is 2.13. The Bertz CT molecular complexity index is 373. The van der Waals surface area contributed by atoms with E-state index in [1.165, 1.54) is 12.3 Å². The van der Waals surface area contributed by atoms with Gasteiger partial charge in [-0.15, -0.1) is 0 Å². The summed E-state index contributed by atoms with van der Waals surface area (Å²) in [5.41, 5.74) is 0.0509. The van der Waals surface area contributed by atoms with Crippen molar-refractivity contribution in [3.8, 4) is 0 Å². The number of hydrogen-bond donors (Lipinski definition) is 1. The molecule has 17 heavy (non-hydrogen) atoms. The van der Waals surface area contributed by atoms with Crippen LogP contribution in [0.25, 0.3) is 0 Å². The molecule has 1 unspecified atom stereocenters. The molecule has 1 atom stereocenters. The summed E-state index contributed by atoms with van der Waals surface area (Å²) in [6.45, 7) is 4.02. The first-order valence-electron chi connectivity index (χ1n) is 5.63. The molecule has 94 valence electrons. The molecule has 1 N–H and O–H groups in total. The number of halogens is 1. The van der Waals surface area contributed by atoms with Gasteiger partial charge < -0.3 is 5.32 Å². The highest BCUT2D eigenvalue weighted by Crippen LogP contribution is 2.07. The third-order valence-electron chi connectivity index (χ3n) is 2.29. The molecule has 3 nitrogen and oxygen atoms in total. The Labute approximate surface area is 105 Å². The highest BCUT2D eigenvalue weighted by atomic mass is 32.2. The van der Waals surface area contributed by atoms with Gasteiger partial charge in [0.15, 0.2) is 5.82 Å². The molecule has 0 aliphatic rings. The summed E-state index contributed by atoms with van der Waals surface area (Å²) in [5, 5.41) is 2.78. The quantitative estimate of drug-likeness (QED) is 0.795. The molecule has 0 radical (unpaired) electrons. The number of hydrogen-bond acceptors (Lipinski definition) is 3. The smallest absolute Gasteiger partial charge is 0.254 e. The molecule has 1 heterocycles. The van der Waals surface area contributed by atoms with Crippen LogP contribution in [0.5, 0.6) is 0 Å². The minimum absolute atomic E-state index is 0.0501. The van der Waals surface area contributed by atoms with Crippen LogP contribution in [-0.4, -0.2) is 28.4 Å². The Hall–Kier alpha value is -1.10. The first kappa shape index (κ1) is 14.0. The van der Waals surface area contributed by atoms with Crippen LogP contribution < -0.4 is 5.32 Å². The van der Waals surface area contributed by atoms with Crippen LogP contribution >= 0.6 is 11.8 Å². The molecular formula is C12H17FN2OS. The second kappa shape index (κ2) is 7.27. The van der Waals surface area contributed by atoms with E-state index in [0.717, 1.165) is 24.1 Å². The fraction of sp³-hybridized carbons (Fsp3) is 0.500. The van der Waals surface area contributed by atoms with Crippen LogP contribution in [0.1, 0.15) is 30.6 Å². The molecule has 0 fully saturated rings. The molecule has 0 aliphatic carbocycles. The van der Waals surface area contributed by atoms with Crippen molar-refractivity contribution < 1.29 is 9.18 Å². The topological polar surface area (TPSA) is 42.0 Å². The Morgan fingerprint density at radius 3 is 3.06 bits per heavy atom. The predicted molar refractivity (Wildman–Crippen MR) is 68.7 cm³/mol. The van der Waals surface area contributed by atoms with Crippen LogP contribution in [0.3, 0.4) is 0 Å². The first-order chi connectivity index (χ1) is 8.15. The van der Waals surface area contributed by atoms with E-state index in [-0.39, 0.29) is 17.5 Å². The van der Waals surface area contributed by atoms with Gasteiger partial charge >= 0.3 is 0 Å². The van der Waals surface area contributed by atoms with Crippen molar-refractivity contribution in [1.29, 1.82) is 0 Å². The van der Waals surface area contributed by atoms with Crippen molar-refractivity contribution in [2.24, 2.45) is 0 Å². The Morgan fingerprint density at radius 1 is 1.65 bits per heavy atom. The molecule has 0 saturated carbocycles. The molecule has 0 saturated heterocycles. The average molecular weight is 256 g/mol. The van der Waals surface area contributed by atoms with E-state index in [1.807, 2.05) is 18.7 Å². The molecule has 1 aromatic heterocycles. The van der Waals surface area contributed by atoms with E-state index < -0.39 is 5.82 Å². The van der Waals surface area contributed by atoms with Gasteiger partial charge in [0.25, 0.3) is 5.91 Å². The summed E-state index contributed by atoms with van der Waals surface area (Å²) in [6, 6.07) is 1.44. The lowest BCUT2D eigenvalue weighted by Gasteiger charge is -2.13. The van der Waals surface area contributed by atoms with E-state index in [4.69, 9.17) is 0 Å². The van der Waals surface area contributed by atoms with Gasteiger partial charge in [-0.2, -0.15) is 11.8 Å². The first-order valence-corrected chi connectivity index (χ1v) is 6.78. The van der Waals surface area contributed by atoms with Crippen molar-refractivity contribution in [2.75, 3.05) is 11.5 Å². The van der Waals surface area contributed by atoms with Crippen LogP contribution in [-0.2, 0) is 0 Å². The molecular weight excluding hydrogens is 239 g/mol. The van der Waals surface area contributed by atoms with E-state index >= 15 is 0 Å². The number of thioether (sulfide) groups is 1. The molecule has 0 aromatic carbocycles. The largest absolute Gasteiger partial charge is 0.349 e. The van der Waals surface area contributed by atoms with Gasteiger partial charge in [-0.25, -0.2) is 4.39 Å². The minimum atomic E-state index is -0.583. The monoisotopic (exact) mass is 256 g/mol. The summed E-state index contributed by atoms with van der Waals surface area (Å²) in [5.74, 6) is 1.11. The van der Waals surface area contributed by atoms with Crippen molar-refractivity contribution >= 4 is 17.7 Å². The average Bonchev–Trinajstić information content (AvgIpc) is 2.29. The van der Waals surface area contributed by atoms with Gasteiger partial charge in [-0.3, -0.25) is 9.78 Å². The standard InChI is InChI=1S/C12H17FN2OS/c1-3-17-7-5-9(2)15-12(16)10-4-6-14-8-11(10)13/h4,6,8-9H,3,5,7H2,1-2H3,(H,15,16). The normalized spacial score (nSPS) is 12.2. The van der Waals surface area contributed by atoms with Gasteiger partial charge in [0.2, 0.25) is 0 Å². The molecule has 1 aromatic rings. The zero-order valence-corrected chi connectivity index (χ0v) is 10.9. The number of rotatable bonds is 6. The lowest BCUT2D eigenvalue weighted by molar-refractivity contribution is 0.0935.